The molecule has 0 unspecified atom stereocenters. The van der Waals surface area contributed by atoms with Gasteiger partial charge in [0, 0.05) is 11.6 Å². The van der Waals surface area contributed by atoms with Crippen LogP contribution in [0.3, 0.4) is 0 Å². The van der Waals surface area contributed by atoms with Crippen LogP contribution in [0.1, 0.15) is 20.3 Å². The summed E-state index contributed by atoms with van der Waals surface area (Å²) < 4.78 is 27.1. The van der Waals surface area contributed by atoms with Gasteiger partial charge in [-0.3, -0.25) is 9.78 Å². The highest BCUT2D eigenvalue weighted by Crippen LogP contribution is 2.18. The van der Waals surface area contributed by atoms with Gasteiger partial charge >= 0.3 is 5.97 Å². The molecule has 0 fully saturated rings. The zero-order chi connectivity index (χ0) is 16.3. The van der Waals surface area contributed by atoms with Gasteiger partial charge in [0.25, 0.3) is 0 Å². The van der Waals surface area contributed by atoms with E-state index in [1.807, 2.05) is 13.0 Å². The largest absolute Gasteiger partial charge is 0.480 e. The normalized spacial score (nSPS) is 14.6. The molecule has 0 saturated heterocycles. The molecular weight excluding hydrogens is 304 g/mol. The van der Waals surface area contributed by atoms with Crippen molar-refractivity contribution in [3.8, 4) is 0 Å². The Morgan fingerprint density at radius 1 is 1.36 bits per heavy atom. The average molecular weight is 322 g/mol. The van der Waals surface area contributed by atoms with Crippen molar-refractivity contribution in [2.24, 2.45) is 5.92 Å². The summed E-state index contributed by atoms with van der Waals surface area (Å²) in [6, 6.07) is 7.45. The standard InChI is InChI=1S/C15H18N2O4S/c1-3-10(2)14(15(18)19)17-22(20,21)12-8-11-6-4-5-7-13(11)16-9-12/h4-10,14,17H,3H2,1-2H3,(H,18,19)/t10-,14-/m0/s1. The predicted octanol–water partition coefficient (Wildman–Crippen LogP) is 2.01. The number of rotatable bonds is 6. The number of hydrogen-bond donors (Lipinski definition) is 2. The molecule has 2 atom stereocenters. The van der Waals surface area contributed by atoms with Gasteiger partial charge in [-0.2, -0.15) is 4.72 Å². The summed E-state index contributed by atoms with van der Waals surface area (Å²) in [5, 5.41) is 9.90. The molecule has 0 spiro atoms. The summed E-state index contributed by atoms with van der Waals surface area (Å²) in [5.41, 5.74) is 0.679. The Kier molecular flexibility index (Phi) is 4.77. The minimum absolute atomic E-state index is 0.0410. The third-order valence-electron chi connectivity index (χ3n) is 3.64. The van der Waals surface area contributed by atoms with Crippen molar-refractivity contribution >= 4 is 26.9 Å². The third-order valence-corrected chi connectivity index (χ3v) is 5.04. The Labute approximate surface area is 129 Å². The lowest BCUT2D eigenvalue weighted by Gasteiger charge is -2.20. The molecule has 0 bridgehead atoms. The minimum atomic E-state index is -3.94. The lowest BCUT2D eigenvalue weighted by Crippen LogP contribution is -2.44. The van der Waals surface area contributed by atoms with Crippen LogP contribution in [-0.2, 0) is 14.8 Å². The van der Waals surface area contributed by atoms with Crippen LogP contribution in [0.2, 0.25) is 0 Å². The van der Waals surface area contributed by atoms with E-state index in [9.17, 15) is 18.3 Å². The van der Waals surface area contributed by atoms with Crippen LogP contribution in [0.15, 0.2) is 41.4 Å². The molecule has 2 aromatic rings. The van der Waals surface area contributed by atoms with Gasteiger partial charge < -0.3 is 5.11 Å². The molecule has 2 N–H and O–H groups in total. The number of nitrogens with one attached hydrogen (secondary N) is 1. The third kappa shape index (κ3) is 3.42. The fourth-order valence-corrected chi connectivity index (χ4v) is 3.36. The highest BCUT2D eigenvalue weighted by molar-refractivity contribution is 7.89. The van der Waals surface area contributed by atoms with Gasteiger partial charge in [0.1, 0.15) is 10.9 Å². The second kappa shape index (κ2) is 6.41. The Balaban J connectivity index is 2.37. The van der Waals surface area contributed by atoms with Crippen molar-refractivity contribution < 1.29 is 18.3 Å². The minimum Gasteiger partial charge on any atom is -0.480 e. The number of carboxylic acids is 1. The van der Waals surface area contributed by atoms with Gasteiger partial charge in [-0.05, 0) is 18.1 Å². The number of fused-ring (bicyclic) bond motifs is 1. The highest BCUT2D eigenvalue weighted by Gasteiger charge is 2.29. The van der Waals surface area contributed by atoms with Gasteiger partial charge in [-0.15, -0.1) is 0 Å². The molecular formula is C15H18N2O4S. The van der Waals surface area contributed by atoms with E-state index in [2.05, 4.69) is 9.71 Å². The fourth-order valence-electron chi connectivity index (χ4n) is 2.08. The van der Waals surface area contributed by atoms with E-state index >= 15 is 0 Å². The molecule has 0 aliphatic rings. The molecule has 6 nitrogen and oxygen atoms in total. The van der Waals surface area contributed by atoms with Crippen LogP contribution < -0.4 is 4.72 Å². The van der Waals surface area contributed by atoms with Crippen molar-refractivity contribution in [2.75, 3.05) is 0 Å². The topological polar surface area (TPSA) is 96.4 Å². The maximum Gasteiger partial charge on any atom is 0.322 e. The molecule has 0 saturated carbocycles. The number of carboxylic acid groups (broad SMARTS) is 1. The molecule has 0 aliphatic heterocycles. The lowest BCUT2D eigenvalue weighted by atomic mass is 10.0. The highest BCUT2D eigenvalue weighted by atomic mass is 32.2. The number of sulfonamides is 1. The van der Waals surface area contributed by atoms with Crippen LogP contribution in [0.5, 0.6) is 0 Å². The van der Waals surface area contributed by atoms with Gasteiger partial charge in [-0.1, -0.05) is 38.5 Å². The number of nitrogens with zero attached hydrogens (tertiary/aromatic N) is 1. The summed E-state index contributed by atoms with van der Waals surface area (Å²) in [6.07, 6.45) is 1.79. The van der Waals surface area contributed by atoms with E-state index in [0.29, 0.717) is 17.3 Å². The summed E-state index contributed by atoms with van der Waals surface area (Å²) >= 11 is 0. The maximum absolute atomic E-state index is 12.4. The van der Waals surface area contributed by atoms with E-state index in [1.165, 1.54) is 12.3 Å². The first-order chi connectivity index (χ1) is 10.3. The van der Waals surface area contributed by atoms with E-state index in [1.54, 1.807) is 25.1 Å². The van der Waals surface area contributed by atoms with Gasteiger partial charge in [0.2, 0.25) is 10.0 Å². The van der Waals surface area contributed by atoms with Crippen molar-refractivity contribution in [3.05, 3.63) is 36.5 Å². The Hall–Kier alpha value is -1.99. The average Bonchev–Trinajstić information content (AvgIpc) is 2.51. The van der Waals surface area contributed by atoms with Crippen molar-refractivity contribution in [3.63, 3.8) is 0 Å². The zero-order valence-electron chi connectivity index (χ0n) is 12.4. The molecule has 0 radical (unpaired) electrons. The SMILES string of the molecule is CC[C@H](C)[C@H](NS(=O)(=O)c1cnc2ccccc2c1)C(=O)O. The quantitative estimate of drug-likeness (QED) is 0.848. The molecule has 22 heavy (non-hydrogen) atoms. The number of para-hydroxylation sites is 1. The van der Waals surface area contributed by atoms with Crippen LogP contribution in [0.4, 0.5) is 0 Å². The smallest absolute Gasteiger partial charge is 0.322 e. The molecule has 1 aromatic heterocycles. The van der Waals surface area contributed by atoms with E-state index < -0.39 is 22.0 Å². The summed E-state index contributed by atoms with van der Waals surface area (Å²) in [6.45, 7) is 3.51. The summed E-state index contributed by atoms with van der Waals surface area (Å²) in [4.78, 5) is 15.3. The van der Waals surface area contributed by atoms with Crippen LogP contribution in [0, 0.1) is 5.92 Å². The molecule has 1 heterocycles. The first kappa shape index (κ1) is 16.4. The number of benzene rings is 1. The molecule has 0 amide bonds. The number of aromatic nitrogens is 1. The summed E-state index contributed by atoms with van der Waals surface area (Å²) in [7, 11) is -3.94. The molecule has 1 aromatic carbocycles. The second-order valence-corrected chi connectivity index (χ2v) is 6.90. The fraction of sp³-hybridized carbons (Fsp3) is 0.333. The molecule has 7 heteroatoms. The lowest BCUT2D eigenvalue weighted by molar-refractivity contribution is -0.140. The van der Waals surface area contributed by atoms with Gasteiger partial charge in [0.15, 0.2) is 0 Å². The number of aliphatic carboxylic acids is 1. The van der Waals surface area contributed by atoms with Crippen LogP contribution >= 0.6 is 0 Å². The number of carbonyl (C=O) groups is 1. The predicted molar refractivity (Wildman–Crippen MR) is 82.9 cm³/mol. The van der Waals surface area contributed by atoms with Gasteiger partial charge in [-0.25, -0.2) is 8.42 Å². The van der Waals surface area contributed by atoms with E-state index in [4.69, 9.17) is 0 Å². The Bertz CT molecular complexity index is 789. The number of hydrogen-bond acceptors (Lipinski definition) is 4. The van der Waals surface area contributed by atoms with Crippen LogP contribution in [0.25, 0.3) is 10.9 Å². The van der Waals surface area contributed by atoms with Crippen molar-refractivity contribution in [2.45, 2.75) is 31.2 Å². The Morgan fingerprint density at radius 2 is 2.05 bits per heavy atom. The number of pyridine rings is 1. The first-order valence-electron chi connectivity index (χ1n) is 6.95. The van der Waals surface area contributed by atoms with E-state index in [-0.39, 0.29) is 10.8 Å². The van der Waals surface area contributed by atoms with Crippen molar-refractivity contribution in [1.82, 2.24) is 9.71 Å². The monoisotopic (exact) mass is 322 g/mol. The zero-order valence-corrected chi connectivity index (χ0v) is 13.2. The van der Waals surface area contributed by atoms with E-state index in [0.717, 1.165) is 0 Å². The molecule has 2 rings (SSSR count). The molecule has 0 aliphatic carbocycles. The second-order valence-electron chi connectivity index (χ2n) is 5.19. The van der Waals surface area contributed by atoms with Crippen LogP contribution in [-0.4, -0.2) is 30.5 Å². The molecule has 118 valence electrons. The first-order valence-corrected chi connectivity index (χ1v) is 8.43. The maximum atomic E-state index is 12.4. The van der Waals surface area contributed by atoms with Crippen molar-refractivity contribution in [1.29, 1.82) is 0 Å². The van der Waals surface area contributed by atoms with Gasteiger partial charge in [0.05, 0.1) is 5.52 Å². The Morgan fingerprint density at radius 3 is 2.68 bits per heavy atom. The summed E-state index contributed by atoms with van der Waals surface area (Å²) in [5.74, 6) is -1.51.